The number of nitrogens with one attached hydrogen (secondary N) is 1. The molecule has 104 valence electrons. The molecule has 0 bridgehead atoms. The number of azide groups is 1. The molecule has 2 N–H and O–H groups in total. The van der Waals surface area contributed by atoms with Crippen molar-refractivity contribution >= 4 is 6.09 Å². The average Bonchev–Trinajstić information content (AvgIpc) is 2.34. The minimum Gasteiger partial charge on any atom is -0.465 e. The summed E-state index contributed by atoms with van der Waals surface area (Å²) in [5.41, 5.74) is 7.99. The number of carboxylic acid groups (broad SMARTS) is 1. The minimum absolute atomic E-state index is 0.262. The summed E-state index contributed by atoms with van der Waals surface area (Å²) in [7, 11) is 0. The Bertz CT molecular complexity index is 245. The van der Waals surface area contributed by atoms with Crippen molar-refractivity contribution < 1.29 is 24.1 Å². The number of carbonyl (C=O) groups is 1. The molecule has 9 heteroatoms. The molecule has 0 aromatic carbocycles. The van der Waals surface area contributed by atoms with Gasteiger partial charge in [0, 0.05) is 18.0 Å². The van der Waals surface area contributed by atoms with Crippen molar-refractivity contribution in [2.75, 3.05) is 52.7 Å². The van der Waals surface area contributed by atoms with E-state index >= 15 is 0 Å². The zero-order chi connectivity index (χ0) is 13.5. The molecule has 0 aliphatic heterocycles. The van der Waals surface area contributed by atoms with Gasteiger partial charge in [0.15, 0.2) is 0 Å². The van der Waals surface area contributed by atoms with Crippen molar-refractivity contribution in [1.29, 1.82) is 0 Å². The maximum Gasteiger partial charge on any atom is 0.404 e. The van der Waals surface area contributed by atoms with E-state index in [2.05, 4.69) is 15.3 Å². The number of rotatable bonds is 12. The van der Waals surface area contributed by atoms with Crippen LogP contribution in [0.3, 0.4) is 0 Å². The van der Waals surface area contributed by atoms with Gasteiger partial charge < -0.3 is 24.6 Å². The first-order valence-corrected chi connectivity index (χ1v) is 5.48. The van der Waals surface area contributed by atoms with Gasteiger partial charge in [0.25, 0.3) is 0 Å². The summed E-state index contributed by atoms with van der Waals surface area (Å²) in [5.74, 6) is 0. The van der Waals surface area contributed by atoms with Gasteiger partial charge in [-0.05, 0) is 5.53 Å². The summed E-state index contributed by atoms with van der Waals surface area (Å²) < 4.78 is 15.4. The van der Waals surface area contributed by atoms with Gasteiger partial charge in [0.2, 0.25) is 0 Å². The summed E-state index contributed by atoms with van der Waals surface area (Å²) in [5, 5.41) is 13.7. The van der Waals surface area contributed by atoms with Gasteiger partial charge in [0.05, 0.1) is 39.6 Å². The Hall–Kier alpha value is -1.54. The lowest BCUT2D eigenvalue weighted by Crippen LogP contribution is -2.25. The summed E-state index contributed by atoms with van der Waals surface area (Å²) in [6.07, 6.45) is -1.06. The highest BCUT2D eigenvalue weighted by molar-refractivity contribution is 5.64. The third kappa shape index (κ3) is 14.5. The van der Waals surface area contributed by atoms with Gasteiger partial charge >= 0.3 is 6.09 Å². The Balaban J connectivity index is 2.98. The van der Waals surface area contributed by atoms with Crippen LogP contribution in [0.4, 0.5) is 4.79 Å². The summed E-state index contributed by atoms with van der Waals surface area (Å²) >= 11 is 0. The molecule has 0 fully saturated rings. The van der Waals surface area contributed by atoms with Crippen LogP contribution in [0, 0.1) is 0 Å². The molecule has 0 saturated heterocycles. The van der Waals surface area contributed by atoms with Crippen LogP contribution < -0.4 is 5.32 Å². The second-order valence-electron chi connectivity index (χ2n) is 3.02. The van der Waals surface area contributed by atoms with Crippen molar-refractivity contribution in [3.63, 3.8) is 0 Å². The van der Waals surface area contributed by atoms with Crippen LogP contribution in [0.1, 0.15) is 0 Å². The molecule has 9 nitrogen and oxygen atoms in total. The molecule has 1 amide bonds. The Labute approximate surface area is 105 Å². The second-order valence-corrected chi connectivity index (χ2v) is 3.02. The summed E-state index contributed by atoms with van der Waals surface area (Å²) in [4.78, 5) is 12.7. The van der Waals surface area contributed by atoms with Crippen LogP contribution in [-0.4, -0.2) is 63.9 Å². The van der Waals surface area contributed by atoms with Gasteiger partial charge in [-0.1, -0.05) is 5.11 Å². The zero-order valence-electron chi connectivity index (χ0n) is 10.1. The van der Waals surface area contributed by atoms with E-state index in [0.717, 1.165) is 0 Å². The fraction of sp³-hybridized carbons (Fsp3) is 0.889. The van der Waals surface area contributed by atoms with E-state index < -0.39 is 6.09 Å². The van der Waals surface area contributed by atoms with E-state index in [4.69, 9.17) is 24.8 Å². The summed E-state index contributed by atoms with van der Waals surface area (Å²) in [6.45, 7) is 2.97. The second kappa shape index (κ2) is 13.5. The lowest BCUT2D eigenvalue weighted by molar-refractivity contribution is 0.0167. The van der Waals surface area contributed by atoms with Crippen LogP contribution >= 0.6 is 0 Å². The Morgan fingerprint density at radius 3 is 2.22 bits per heavy atom. The van der Waals surface area contributed by atoms with Crippen molar-refractivity contribution in [2.24, 2.45) is 5.11 Å². The van der Waals surface area contributed by atoms with Gasteiger partial charge in [-0.3, -0.25) is 0 Å². The van der Waals surface area contributed by atoms with Gasteiger partial charge in [0.1, 0.15) is 0 Å². The van der Waals surface area contributed by atoms with Gasteiger partial charge in [-0.2, -0.15) is 0 Å². The maximum atomic E-state index is 10.1. The normalized spacial score (nSPS) is 9.78. The van der Waals surface area contributed by atoms with Crippen LogP contribution in [0.5, 0.6) is 0 Å². The Kier molecular flexibility index (Phi) is 12.4. The fourth-order valence-corrected chi connectivity index (χ4v) is 0.922. The molecule has 0 rings (SSSR count). The third-order valence-corrected chi connectivity index (χ3v) is 1.67. The zero-order valence-corrected chi connectivity index (χ0v) is 10.1. The first-order chi connectivity index (χ1) is 8.77. The Morgan fingerprint density at radius 2 is 1.67 bits per heavy atom. The topological polar surface area (TPSA) is 126 Å². The standard InChI is InChI=1S/C9H18N4O5/c10-13-12-2-4-17-6-8-18-7-5-16-3-1-11-9(14)15/h11H,1-8H2,(H,14,15). The first-order valence-electron chi connectivity index (χ1n) is 5.48. The molecule has 0 spiro atoms. The van der Waals surface area contributed by atoms with Crippen molar-refractivity contribution in [3.8, 4) is 0 Å². The van der Waals surface area contributed by atoms with Crippen LogP contribution in [0.25, 0.3) is 10.4 Å². The molecule has 18 heavy (non-hydrogen) atoms. The van der Waals surface area contributed by atoms with Gasteiger partial charge in [-0.15, -0.1) is 0 Å². The van der Waals surface area contributed by atoms with Crippen LogP contribution in [-0.2, 0) is 14.2 Å². The number of amides is 1. The quantitative estimate of drug-likeness (QED) is 0.231. The Morgan fingerprint density at radius 1 is 1.11 bits per heavy atom. The lowest BCUT2D eigenvalue weighted by atomic mass is 10.6. The number of hydrogen-bond donors (Lipinski definition) is 2. The van der Waals surface area contributed by atoms with Crippen molar-refractivity contribution in [2.45, 2.75) is 0 Å². The molecule has 0 aromatic rings. The van der Waals surface area contributed by atoms with Crippen molar-refractivity contribution in [3.05, 3.63) is 10.4 Å². The molecule has 0 aliphatic carbocycles. The molecule has 0 unspecified atom stereocenters. The minimum atomic E-state index is -1.06. The van der Waals surface area contributed by atoms with Crippen molar-refractivity contribution in [1.82, 2.24) is 5.32 Å². The molecule has 0 aromatic heterocycles. The molecule has 0 saturated carbocycles. The molecule has 0 heterocycles. The van der Waals surface area contributed by atoms with E-state index in [1.165, 1.54) is 0 Å². The largest absolute Gasteiger partial charge is 0.465 e. The predicted octanol–water partition coefficient (Wildman–Crippen LogP) is 0.614. The van der Waals surface area contributed by atoms with E-state index in [-0.39, 0.29) is 6.54 Å². The monoisotopic (exact) mass is 262 g/mol. The van der Waals surface area contributed by atoms with E-state index in [1.807, 2.05) is 0 Å². The van der Waals surface area contributed by atoms with E-state index in [9.17, 15) is 4.79 Å². The number of nitrogens with zero attached hydrogens (tertiary/aromatic N) is 3. The summed E-state index contributed by atoms with van der Waals surface area (Å²) in [6, 6.07) is 0. The van der Waals surface area contributed by atoms with Crippen LogP contribution in [0.15, 0.2) is 5.11 Å². The maximum absolute atomic E-state index is 10.1. The van der Waals surface area contributed by atoms with Crippen LogP contribution in [0.2, 0.25) is 0 Å². The lowest BCUT2D eigenvalue weighted by Gasteiger charge is -2.06. The average molecular weight is 262 g/mol. The molecule has 0 radical (unpaired) electrons. The van der Waals surface area contributed by atoms with E-state index in [1.54, 1.807) is 0 Å². The third-order valence-electron chi connectivity index (χ3n) is 1.67. The molecular weight excluding hydrogens is 244 g/mol. The van der Waals surface area contributed by atoms with E-state index in [0.29, 0.717) is 46.2 Å². The molecule has 0 atom stereocenters. The number of ether oxygens (including phenoxy) is 3. The highest BCUT2D eigenvalue weighted by Crippen LogP contribution is 1.82. The molecular formula is C9H18N4O5. The predicted molar refractivity (Wildman–Crippen MR) is 62.5 cm³/mol. The molecule has 0 aliphatic rings. The van der Waals surface area contributed by atoms with Gasteiger partial charge in [-0.25, -0.2) is 4.79 Å². The first kappa shape index (κ1) is 16.5. The highest BCUT2D eigenvalue weighted by Gasteiger charge is 1.94. The highest BCUT2D eigenvalue weighted by atomic mass is 16.5. The number of hydrogen-bond acceptors (Lipinski definition) is 5. The smallest absolute Gasteiger partial charge is 0.404 e. The fourth-order valence-electron chi connectivity index (χ4n) is 0.922. The SMILES string of the molecule is [N-]=[N+]=NCCOCCOCCOCCNC(=O)O.